The molecule has 1 N–H and O–H groups in total. The maximum atomic E-state index is 12.3. The minimum absolute atomic E-state index is 0.0321. The highest BCUT2D eigenvalue weighted by atomic mass is 28.4. The van der Waals surface area contributed by atoms with E-state index >= 15 is 0 Å². The number of nitrogens with one attached hydrogen (secondary N) is 1. The Hall–Kier alpha value is -2.18. The van der Waals surface area contributed by atoms with E-state index in [-0.39, 0.29) is 23.0 Å². The fourth-order valence-electron chi connectivity index (χ4n) is 2.95. The Kier molecular flexibility index (Phi) is 3.77. The van der Waals surface area contributed by atoms with Crippen molar-refractivity contribution in [3.05, 3.63) is 46.3 Å². The molecule has 0 spiro atoms. The van der Waals surface area contributed by atoms with Gasteiger partial charge in [-0.1, -0.05) is 25.9 Å². The van der Waals surface area contributed by atoms with E-state index in [4.69, 9.17) is 9.96 Å². The molecular formula is C16H23N5O2Si. The van der Waals surface area contributed by atoms with Gasteiger partial charge in [0.15, 0.2) is 0 Å². The molecule has 1 amide bonds. The molecule has 1 aliphatic carbocycles. The zero-order chi connectivity index (χ0) is 17.7. The third kappa shape index (κ3) is 2.52. The van der Waals surface area contributed by atoms with Gasteiger partial charge in [-0.25, -0.2) is 0 Å². The average Bonchev–Trinajstić information content (AvgIpc) is 3.05. The lowest BCUT2D eigenvalue weighted by molar-refractivity contribution is 0.0888. The molecule has 1 aromatic heterocycles. The van der Waals surface area contributed by atoms with Gasteiger partial charge >= 0.3 is 0 Å². The lowest BCUT2D eigenvalue weighted by Crippen LogP contribution is -2.50. The second kappa shape index (κ2) is 5.43. The van der Waals surface area contributed by atoms with Crippen molar-refractivity contribution in [2.24, 2.45) is 5.11 Å². The summed E-state index contributed by atoms with van der Waals surface area (Å²) in [6, 6.07) is 2.71. The van der Waals surface area contributed by atoms with Crippen molar-refractivity contribution in [1.82, 2.24) is 9.88 Å². The normalized spacial score (nSPS) is 26.0. The molecule has 24 heavy (non-hydrogen) atoms. The number of carbonyl (C=O) groups excluding carboxylic acids is 1. The first-order valence-electron chi connectivity index (χ1n) is 8.08. The molecule has 0 radical (unpaired) electrons. The quantitative estimate of drug-likeness (QED) is 0.391. The van der Waals surface area contributed by atoms with Crippen LogP contribution < -0.4 is 5.32 Å². The summed E-state index contributed by atoms with van der Waals surface area (Å²) in [4.78, 5) is 15.2. The van der Waals surface area contributed by atoms with Gasteiger partial charge in [-0.15, -0.1) is 0 Å². The van der Waals surface area contributed by atoms with Crippen molar-refractivity contribution >= 4 is 14.2 Å². The summed E-state index contributed by atoms with van der Waals surface area (Å²) >= 11 is 0. The lowest BCUT2D eigenvalue weighted by atomic mass is 10.1. The molecule has 3 rings (SSSR count). The third-order valence-electron chi connectivity index (χ3n) is 5.32. The fourth-order valence-corrected chi connectivity index (χ4v) is 4.03. The average molecular weight is 345 g/mol. The smallest absolute Gasteiger partial charge is 0.268 e. The van der Waals surface area contributed by atoms with Crippen LogP contribution in [0.15, 0.2) is 35.3 Å². The van der Waals surface area contributed by atoms with Crippen LogP contribution in [0.1, 0.15) is 37.3 Å². The predicted molar refractivity (Wildman–Crippen MR) is 94.0 cm³/mol. The predicted octanol–water partition coefficient (Wildman–Crippen LogP) is 3.74. The highest BCUT2D eigenvalue weighted by molar-refractivity contribution is 6.74. The highest BCUT2D eigenvalue weighted by Gasteiger charge is 2.47. The van der Waals surface area contributed by atoms with Crippen molar-refractivity contribution in [2.75, 3.05) is 0 Å². The van der Waals surface area contributed by atoms with Crippen LogP contribution in [0, 0.1) is 0 Å². The summed E-state index contributed by atoms with van der Waals surface area (Å²) in [6.07, 6.45) is 3.87. The molecule has 1 aliphatic heterocycles. The molecule has 128 valence electrons. The van der Waals surface area contributed by atoms with Gasteiger partial charge in [-0.3, -0.25) is 4.79 Å². The van der Waals surface area contributed by atoms with Crippen LogP contribution >= 0.6 is 0 Å². The second-order valence-corrected chi connectivity index (χ2v) is 12.6. The first kappa shape index (κ1) is 16.7. The monoisotopic (exact) mass is 345 g/mol. The van der Waals surface area contributed by atoms with Crippen LogP contribution in [0.4, 0.5) is 0 Å². The van der Waals surface area contributed by atoms with Crippen LogP contribution in [0.2, 0.25) is 18.1 Å². The summed E-state index contributed by atoms with van der Waals surface area (Å²) in [7, 11) is -2.07. The molecule has 2 heterocycles. The number of aromatic nitrogens is 1. The van der Waals surface area contributed by atoms with E-state index in [1.54, 1.807) is 6.07 Å². The molecule has 0 fully saturated rings. The van der Waals surface area contributed by atoms with Gasteiger partial charge in [0.2, 0.25) is 8.32 Å². The number of carbonyl (C=O) groups is 1. The van der Waals surface area contributed by atoms with Crippen LogP contribution in [-0.2, 0) is 4.43 Å². The Labute approximate surface area is 142 Å². The van der Waals surface area contributed by atoms with E-state index in [0.717, 1.165) is 0 Å². The van der Waals surface area contributed by atoms with Crippen molar-refractivity contribution in [1.29, 1.82) is 0 Å². The molecular weight excluding hydrogens is 322 g/mol. The number of fused-ring (bicyclic) bond motifs is 3. The van der Waals surface area contributed by atoms with Gasteiger partial charge < -0.3 is 14.3 Å². The maximum Gasteiger partial charge on any atom is 0.268 e. The van der Waals surface area contributed by atoms with E-state index in [1.807, 2.05) is 22.9 Å². The molecule has 3 atom stereocenters. The Morgan fingerprint density at radius 3 is 2.75 bits per heavy atom. The zero-order valence-electron chi connectivity index (χ0n) is 14.6. The number of hydrogen-bond donors (Lipinski definition) is 1. The summed E-state index contributed by atoms with van der Waals surface area (Å²) in [5.74, 6) is 0.526. The van der Waals surface area contributed by atoms with Gasteiger partial charge in [-0.05, 0) is 41.9 Å². The molecule has 0 aromatic carbocycles. The van der Waals surface area contributed by atoms with E-state index < -0.39 is 14.4 Å². The van der Waals surface area contributed by atoms with Crippen molar-refractivity contribution < 1.29 is 9.22 Å². The summed E-state index contributed by atoms with van der Waals surface area (Å²) in [5.41, 5.74) is 9.59. The molecule has 0 saturated carbocycles. The number of azide groups is 1. The second-order valence-electron chi connectivity index (χ2n) is 7.87. The standard InChI is InChI=1S/C16H23N5O2Si/c1-16(2,3)24(4,5)23-12-9-11-13(14(12)19-20-17)18-15(22)10-7-6-8-21(10)11/h6-9,11,13-14H,1-5H3,(H,18,22). The van der Waals surface area contributed by atoms with Gasteiger partial charge in [0.25, 0.3) is 5.91 Å². The summed E-state index contributed by atoms with van der Waals surface area (Å²) in [6.45, 7) is 10.8. The van der Waals surface area contributed by atoms with Gasteiger partial charge in [0, 0.05) is 11.1 Å². The third-order valence-corrected chi connectivity index (χ3v) is 9.68. The zero-order valence-corrected chi connectivity index (χ0v) is 15.6. The number of amides is 1. The fraction of sp³-hybridized carbons (Fsp3) is 0.562. The first-order valence-corrected chi connectivity index (χ1v) is 11.0. The van der Waals surface area contributed by atoms with E-state index in [0.29, 0.717) is 11.5 Å². The van der Waals surface area contributed by atoms with Crippen molar-refractivity contribution in [3.63, 3.8) is 0 Å². The summed E-state index contributed by atoms with van der Waals surface area (Å²) in [5, 5.41) is 6.93. The van der Waals surface area contributed by atoms with Crippen molar-refractivity contribution in [2.45, 2.75) is 57.0 Å². The molecule has 3 unspecified atom stereocenters. The SMILES string of the molecule is CC(C)(C)[Si](C)(C)OC1=CC2C(NC(=O)c3cccn32)C1N=[N+]=[N-]. The molecule has 0 saturated heterocycles. The van der Waals surface area contributed by atoms with Gasteiger partial charge in [0.1, 0.15) is 11.7 Å². The van der Waals surface area contributed by atoms with Gasteiger partial charge in [0.05, 0.1) is 17.8 Å². The number of rotatable bonds is 3. The summed E-state index contributed by atoms with van der Waals surface area (Å²) < 4.78 is 8.34. The van der Waals surface area contributed by atoms with Crippen LogP contribution in [0.25, 0.3) is 10.4 Å². The Morgan fingerprint density at radius 1 is 1.42 bits per heavy atom. The molecule has 7 nitrogen and oxygen atoms in total. The highest BCUT2D eigenvalue weighted by Crippen LogP contribution is 2.42. The minimum atomic E-state index is -2.07. The van der Waals surface area contributed by atoms with Crippen LogP contribution in [0.5, 0.6) is 0 Å². The lowest BCUT2D eigenvalue weighted by Gasteiger charge is -2.38. The molecule has 0 bridgehead atoms. The largest absolute Gasteiger partial charge is 0.546 e. The molecule has 1 aromatic rings. The number of nitrogens with zero attached hydrogens (tertiary/aromatic N) is 4. The van der Waals surface area contributed by atoms with Gasteiger partial charge in [-0.2, -0.15) is 0 Å². The molecule has 2 aliphatic rings. The first-order chi connectivity index (χ1) is 11.2. The molecule has 8 heteroatoms. The van der Waals surface area contributed by atoms with E-state index in [2.05, 4.69) is 49.2 Å². The Balaban J connectivity index is 2.00. The Bertz CT molecular complexity index is 755. The van der Waals surface area contributed by atoms with Crippen LogP contribution in [-0.4, -0.2) is 30.9 Å². The maximum absolute atomic E-state index is 12.3. The number of hydrogen-bond acceptors (Lipinski definition) is 3. The van der Waals surface area contributed by atoms with E-state index in [1.165, 1.54) is 0 Å². The van der Waals surface area contributed by atoms with Crippen molar-refractivity contribution in [3.8, 4) is 0 Å². The van der Waals surface area contributed by atoms with E-state index in [9.17, 15) is 4.79 Å². The topological polar surface area (TPSA) is 92.0 Å². The Morgan fingerprint density at radius 2 is 2.12 bits per heavy atom. The minimum Gasteiger partial charge on any atom is -0.546 e. The van der Waals surface area contributed by atoms with Crippen LogP contribution in [0.3, 0.4) is 0 Å².